The van der Waals surface area contributed by atoms with Gasteiger partial charge in [0.15, 0.2) is 0 Å². The lowest BCUT2D eigenvalue weighted by Crippen LogP contribution is -2.24. The molecule has 0 fully saturated rings. The van der Waals surface area contributed by atoms with Crippen LogP contribution in [0.1, 0.15) is 43.7 Å². The normalized spacial score (nSPS) is 16.6. The molecule has 3 unspecified atom stereocenters. The van der Waals surface area contributed by atoms with Crippen LogP contribution in [0.15, 0.2) is 22.7 Å². The lowest BCUT2D eigenvalue weighted by molar-refractivity contribution is 0.0215. The Balaban J connectivity index is 2.82. The van der Waals surface area contributed by atoms with Gasteiger partial charge < -0.3 is 10.2 Å². The van der Waals surface area contributed by atoms with Crippen LogP contribution in [-0.4, -0.2) is 22.4 Å². The topological polar surface area (TPSA) is 40.5 Å². The Morgan fingerprint density at radius 3 is 2.41 bits per heavy atom. The van der Waals surface area contributed by atoms with E-state index in [1.807, 2.05) is 6.07 Å². The quantitative estimate of drug-likeness (QED) is 0.875. The van der Waals surface area contributed by atoms with Gasteiger partial charge in [0.05, 0.1) is 12.2 Å². The molecule has 0 heterocycles. The maximum absolute atomic E-state index is 9.75. The molecule has 2 nitrogen and oxygen atoms in total. The second kappa shape index (κ2) is 6.53. The molecule has 17 heavy (non-hydrogen) atoms. The van der Waals surface area contributed by atoms with Crippen LogP contribution < -0.4 is 0 Å². The highest BCUT2D eigenvalue weighted by Crippen LogP contribution is 2.28. The molecule has 0 bridgehead atoms. The number of halogens is 1. The Bertz CT molecular complexity index is 363. The van der Waals surface area contributed by atoms with Crippen molar-refractivity contribution in [2.24, 2.45) is 0 Å². The lowest BCUT2D eigenvalue weighted by Gasteiger charge is -2.21. The maximum Gasteiger partial charge on any atom is 0.0802 e. The minimum atomic E-state index is -0.666. The molecule has 1 rings (SSSR count). The molecule has 2 N–H and O–H groups in total. The summed E-state index contributed by atoms with van der Waals surface area (Å²) in [5.74, 6) is 0.298. The number of aryl methyl sites for hydroxylation is 1. The number of benzene rings is 1. The molecule has 1 aromatic rings. The molecule has 0 aromatic heterocycles. The average Bonchev–Trinajstić information content (AvgIpc) is 2.29. The van der Waals surface area contributed by atoms with Crippen LogP contribution in [-0.2, 0) is 0 Å². The van der Waals surface area contributed by atoms with Gasteiger partial charge in [0, 0.05) is 4.47 Å². The highest BCUT2D eigenvalue weighted by molar-refractivity contribution is 9.10. The molecular weight excluding hydrogens is 280 g/mol. The van der Waals surface area contributed by atoms with Gasteiger partial charge in [0.25, 0.3) is 0 Å². The van der Waals surface area contributed by atoms with Crippen LogP contribution in [0.2, 0.25) is 0 Å². The fourth-order valence-electron chi connectivity index (χ4n) is 1.95. The van der Waals surface area contributed by atoms with Crippen LogP contribution in [0.3, 0.4) is 0 Å². The predicted octanol–water partition coefficient (Wildman–Crippen LogP) is 3.38. The largest absolute Gasteiger partial charge is 0.391 e. The van der Waals surface area contributed by atoms with Gasteiger partial charge in [-0.25, -0.2) is 0 Å². The van der Waals surface area contributed by atoms with Crippen LogP contribution >= 0.6 is 15.9 Å². The zero-order chi connectivity index (χ0) is 13.0. The number of aliphatic hydroxyl groups excluding tert-OH is 2. The van der Waals surface area contributed by atoms with Crippen molar-refractivity contribution < 1.29 is 10.2 Å². The molecule has 0 aliphatic carbocycles. The van der Waals surface area contributed by atoms with Gasteiger partial charge in [-0.05, 0) is 49.8 Å². The predicted molar refractivity (Wildman–Crippen MR) is 74.2 cm³/mol. The fraction of sp³-hybridized carbons (Fsp3) is 0.571. The van der Waals surface area contributed by atoms with E-state index in [0.717, 1.165) is 10.9 Å². The van der Waals surface area contributed by atoms with Crippen molar-refractivity contribution in [3.63, 3.8) is 0 Å². The molecule has 0 saturated heterocycles. The summed E-state index contributed by atoms with van der Waals surface area (Å²) in [5, 5.41) is 19.1. The smallest absolute Gasteiger partial charge is 0.0802 e. The van der Waals surface area contributed by atoms with Crippen LogP contribution in [0.4, 0.5) is 0 Å². The van der Waals surface area contributed by atoms with Crippen molar-refractivity contribution in [2.45, 2.75) is 51.7 Å². The monoisotopic (exact) mass is 300 g/mol. The third kappa shape index (κ3) is 4.09. The molecule has 3 atom stereocenters. The third-order valence-electron chi connectivity index (χ3n) is 3.23. The first-order chi connectivity index (χ1) is 7.95. The SMILES string of the molecule is CCC(CC(O)C(C)O)c1ccc(Br)c(C)c1. The highest BCUT2D eigenvalue weighted by Gasteiger charge is 2.18. The summed E-state index contributed by atoms with van der Waals surface area (Å²) >= 11 is 3.49. The summed E-state index contributed by atoms with van der Waals surface area (Å²) in [4.78, 5) is 0. The van der Waals surface area contributed by atoms with Gasteiger partial charge in [-0.15, -0.1) is 0 Å². The average molecular weight is 301 g/mol. The first-order valence-electron chi connectivity index (χ1n) is 6.07. The van der Waals surface area contributed by atoms with Gasteiger partial charge >= 0.3 is 0 Å². The van der Waals surface area contributed by atoms with E-state index in [2.05, 4.69) is 41.9 Å². The number of aliphatic hydroxyl groups is 2. The lowest BCUT2D eigenvalue weighted by atomic mass is 9.89. The molecule has 96 valence electrons. The molecule has 0 saturated carbocycles. The minimum Gasteiger partial charge on any atom is -0.391 e. The molecule has 0 amide bonds. The van der Waals surface area contributed by atoms with E-state index < -0.39 is 12.2 Å². The van der Waals surface area contributed by atoms with E-state index in [4.69, 9.17) is 0 Å². The maximum atomic E-state index is 9.75. The number of hydrogen-bond donors (Lipinski definition) is 2. The van der Waals surface area contributed by atoms with Gasteiger partial charge in [-0.2, -0.15) is 0 Å². The van der Waals surface area contributed by atoms with E-state index >= 15 is 0 Å². The summed E-state index contributed by atoms with van der Waals surface area (Å²) in [5.41, 5.74) is 2.43. The van der Waals surface area contributed by atoms with Crippen molar-refractivity contribution in [3.05, 3.63) is 33.8 Å². The van der Waals surface area contributed by atoms with E-state index in [1.165, 1.54) is 11.1 Å². The zero-order valence-electron chi connectivity index (χ0n) is 10.7. The minimum absolute atomic E-state index is 0.298. The summed E-state index contributed by atoms with van der Waals surface area (Å²) < 4.78 is 1.10. The molecule has 0 radical (unpaired) electrons. The zero-order valence-corrected chi connectivity index (χ0v) is 12.2. The van der Waals surface area contributed by atoms with Crippen molar-refractivity contribution in [2.75, 3.05) is 0 Å². The molecule has 3 heteroatoms. The van der Waals surface area contributed by atoms with Crippen molar-refractivity contribution in [3.8, 4) is 0 Å². The molecule has 1 aromatic carbocycles. The second-order valence-electron chi connectivity index (χ2n) is 4.66. The van der Waals surface area contributed by atoms with Crippen molar-refractivity contribution in [1.82, 2.24) is 0 Å². The Kier molecular flexibility index (Phi) is 5.63. The van der Waals surface area contributed by atoms with Crippen molar-refractivity contribution >= 4 is 15.9 Å². The standard InChI is InChI=1S/C14H21BrO2/c1-4-11(8-14(17)10(3)16)12-5-6-13(15)9(2)7-12/h5-7,10-11,14,16-17H,4,8H2,1-3H3. The Hall–Kier alpha value is -0.380. The van der Waals surface area contributed by atoms with Crippen LogP contribution in [0, 0.1) is 6.92 Å². The summed E-state index contributed by atoms with van der Waals surface area (Å²) in [7, 11) is 0. The summed E-state index contributed by atoms with van der Waals surface area (Å²) in [6.07, 6.45) is 0.254. The second-order valence-corrected chi connectivity index (χ2v) is 5.51. The van der Waals surface area contributed by atoms with E-state index in [0.29, 0.717) is 12.3 Å². The Labute approximate surface area is 112 Å². The summed E-state index contributed by atoms with van der Waals surface area (Å²) in [6.45, 7) is 5.80. The third-order valence-corrected chi connectivity index (χ3v) is 4.12. The van der Waals surface area contributed by atoms with Gasteiger partial charge in [0.2, 0.25) is 0 Å². The first kappa shape index (κ1) is 14.7. The molecule has 0 aliphatic rings. The van der Waals surface area contributed by atoms with Crippen LogP contribution in [0.5, 0.6) is 0 Å². The Morgan fingerprint density at radius 2 is 1.94 bits per heavy atom. The Morgan fingerprint density at radius 1 is 1.29 bits per heavy atom. The van der Waals surface area contributed by atoms with Crippen LogP contribution in [0.25, 0.3) is 0 Å². The molecular formula is C14H21BrO2. The highest BCUT2D eigenvalue weighted by atomic mass is 79.9. The van der Waals surface area contributed by atoms with E-state index in [-0.39, 0.29) is 0 Å². The van der Waals surface area contributed by atoms with Crippen molar-refractivity contribution in [1.29, 1.82) is 0 Å². The molecule has 0 aliphatic heterocycles. The molecule has 0 spiro atoms. The van der Waals surface area contributed by atoms with Gasteiger partial charge in [-0.1, -0.05) is 35.0 Å². The number of rotatable bonds is 5. The number of hydrogen-bond acceptors (Lipinski definition) is 2. The van der Waals surface area contributed by atoms with Gasteiger partial charge in [-0.3, -0.25) is 0 Å². The summed E-state index contributed by atoms with van der Waals surface area (Å²) in [6, 6.07) is 6.27. The van der Waals surface area contributed by atoms with Gasteiger partial charge in [0.1, 0.15) is 0 Å². The first-order valence-corrected chi connectivity index (χ1v) is 6.87. The fourth-order valence-corrected chi connectivity index (χ4v) is 2.20. The van der Waals surface area contributed by atoms with E-state index in [1.54, 1.807) is 6.92 Å². The van der Waals surface area contributed by atoms with E-state index in [9.17, 15) is 10.2 Å².